The van der Waals surface area contributed by atoms with Gasteiger partial charge in [0.1, 0.15) is 30.5 Å². The van der Waals surface area contributed by atoms with Crippen LogP contribution in [-0.4, -0.2) is 42.1 Å². The topological polar surface area (TPSA) is 83.5 Å². The molecule has 1 fully saturated rings. The van der Waals surface area contributed by atoms with Crippen LogP contribution in [0.2, 0.25) is 5.02 Å². The monoisotopic (exact) mass is 692 g/mol. The summed E-state index contributed by atoms with van der Waals surface area (Å²) in [5.41, 5.74) is 5.27. The lowest BCUT2D eigenvalue weighted by Gasteiger charge is -2.46. The first-order chi connectivity index (χ1) is 24.5. The molecule has 0 amide bonds. The van der Waals surface area contributed by atoms with E-state index in [-0.39, 0.29) is 13.0 Å². The number of rotatable bonds is 16. The van der Waals surface area contributed by atoms with E-state index in [1.807, 2.05) is 127 Å². The molecular formula is C42H41ClO7. The number of carbonyl (C=O) groups is 1. The summed E-state index contributed by atoms with van der Waals surface area (Å²) in [5, 5.41) is 10.0. The summed E-state index contributed by atoms with van der Waals surface area (Å²) in [6.07, 6.45) is -3.30. The van der Waals surface area contributed by atoms with Gasteiger partial charge in [0, 0.05) is 5.02 Å². The number of carboxylic acids is 1. The highest BCUT2D eigenvalue weighted by Crippen LogP contribution is 2.39. The first-order valence-corrected chi connectivity index (χ1v) is 17.1. The molecule has 0 radical (unpaired) electrons. The van der Waals surface area contributed by atoms with Crippen LogP contribution in [0, 0.1) is 0 Å². The van der Waals surface area contributed by atoms with Crippen molar-refractivity contribution in [3.05, 3.63) is 178 Å². The van der Waals surface area contributed by atoms with Crippen LogP contribution in [0.4, 0.5) is 0 Å². The SMILES string of the molecule is O=C(O)Cc1cc([C@@H]2O[C@H](COCc3ccccc3)[C@@H](OCc3ccccc3)[C@H](OCc3ccccc3)[C@H]2OCc2ccccc2)ccc1Cl. The highest BCUT2D eigenvalue weighted by molar-refractivity contribution is 6.31. The van der Waals surface area contributed by atoms with Crippen molar-refractivity contribution in [2.75, 3.05) is 6.61 Å². The van der Waals surface area contributed by atoms with Crippen LogP contribution in [0.25, 0.3) is 0 Å². The molecule has 0 saturated carbocycles. The van der Waals surface area contributed by atoms with Gasteiger partial charge in [-0.1, -0.05) is 145 Å². The zero-order chi connectivity index (χ0) is 34.5. The Kier molecular flexibility index (Phi) is 12.8. The van der Waals surface area contributed by atoms with Crippen LogP contribution in [0.3, 0.4) is 0 Å². The molecule has 0 aliphatic carbocycles. The standard InChI is InChI=1S/C42H41ClO7/c43-36-22-21-34(23-35(36)24-38(44)45)39-41(48-27-32-17-9-3-10-18-32)42(49-28-33-19-11-4-12-20-33)40(47-26-31-15-7-2-8-16-31)37(50-39)29-46-25-30-13-5-1-6-14-30/h1-23,37,39-42H,24-29H2,(H,44,45)/t37-,39+,40-,41+,42+/m1/s1. The Balaban J connectivity index is 1.38. The van der Waals surface area contributed by atoms with Crippen LogP contribution in [-0.2, 0) is 61.3 Å². The van der Waals surface area contributed by atoms with Crippen LogP contribution >= 0.6 is 11.6 Å². The van der Waals surface area contributed by atoms with Gasteiger partial charge < -0.3 is 28.8 Å². The minimum atomic E-state index is -0.976. The number of aliphatic carboxylic acids is 1. The third kappa shape index (κ3) is 9.88. The smallest absolute Gasteiger partial charge is 0.307 e. The second-order valence-corrected chi connectivity index (χ2v) is 12.7. The van der Waals surface area contributed by atoms with E-state index in [0.717, 1.165) is 27.8 Å². The molecular weight excluding hydrogens is 652 g/mol. The van der Waals surface area contributed by atoms with E-state index in [1.54, 1.807) is 12.1 Å². The summed E-state index contributed by atoms with van der Waals surface area (Å²) >= 11 is 6.48. The third-order valence-corrected chi connectivity index (χ3v) is 8.99. The number of ether oxygens (including phenoxy) is 5. The lowest BCUT2D eigenvalue weighted by Crippen LogP contribution is -2.58. The van der Waals surface area contributed by atoms with E-state index >= 15 is 0 Å². The number of hydrogen-bond donors (Lipinski definition) is 1. The van der Waals surface area contributed by atoms with Gasteiger partial charge in [-0.05, 0) is 39.4 Å². The molecule has 5 aromatic carbocycles. The molecule has 0 bridgehead atoms. The number of halogens is 1. The molecule has 0 aromatic heterocycles. The van der Waals surface area contributed by atoms with Gasteiger partial charge in [-0.25, -0.2) is 0 Å². The van der Waals surface area contributed by atoms with Crippen molar-refractivity contribution < 1.29 is 33.6 Å². The average molecular weight is 693 g/mol. The first-order valence-electron chi connectivity index (χ1n) is 16.8. The van der Waals surface area contributed by atoms with Gasteiger partial charge in [-0.2, -0.15) is 0 Å². The molecule has 258 valence electrons. The Morgan fingerprint density at radius 3 is 1.56 bits per heavy atom. The van der Waals surface area contributed by atoms with E-state index in [9.17, 15) is 9.90 Å². The van der Waals surface area contributed by atoms with E-state index in [1.165, 1.54) is 0 Å². The van der Waals surface area contributed by atoms with Crippen LogP contribution < -0.4 is 0 Å². The van der Waals surface area contributed by atoms with E-state index in [0.29, 0.717) is 37.0 Å². The van der Waals surface area contributed by atoms with Crippen molar-refractivity contribution in [1.82, 2.24) is 0 Å². The second kappa shape index (κ2) is 18.1. The fraction of sp³-hybridized carbons (Fsp3) is 0.262. The molecule has 1 heterocycles. The largest absolute Gasteiger partial charge is 0.481 e. The zero-order valence-electron chi connectivity index (χ0n) is 27.7. The molecule has 50 heavy (non-hydrogen) atoms. The predicted molar refractivity (Wildman–Crippen MR) is 192 cm³/mol. The highest BCUT2D eigenvalue weighted by Gasteiger charge is 2.49. The van der Waals surface area contributed by atoms with Crippen molar-refractivity contribution in [3.63, 3.8) is 0 Å². The summed E-state index contributed by atoms with van der Waals surface area (Å²) in [7, 11) is 0. The van der Waals surface area contributed by atoms with Gasteiger partial charge in [-0.15, -0.1) is 0 Å². The Labute approximate surface area is 298 Å². The second-order valence-electron chi connectivity index (χ2n) is 12.3. The summed E-state index contributed by atoms with van der Waals surface area (Å²) in [6.45, 7) is 1.56. The minimum absolute atomic E-state index is 0.219. The number of hydrogen-bond acceptors (Lipinski definition) is 6. The highest BCUT2D eigenvalue weighted by atomic mass is 35.5. The molecule has 0 unspecified atom stereocenters. The minimum Gasteiger partial charge on any atom is -0.481 e. The molecule has 7 nitrogen and oxygen atoms in total. The Morgan fingerprint density at radius 1 is 0.600 bits per heavy atom. The normalized spacial score (nSPS) is 20.4. The number of benzene rings is 5. The Hall–Kier alpha value is -4.34. The molecule has 1 saturated heterocycles. The number of carboxylic acid groups (broad SMARTS) is 1. The maximum Gasteiger partial charge on any atom is 0.307 e. The summed E-state index contributed by atoms with van der Waals surface area (Å²) in [4.78, 5) is 11.8. The molecule has 8 heteroatoms. The molecule has 1 N–H and O–H groups in total. The average Bonchev–Trinajstić information content (AvgIpc) is 3.15. The molecule has 1 aliphatic heterocycles. The Bertz CT molecular complexity index is 1760. The van der Waals surface area contributed by atoms with Gasteiger partial charge in [0.05, 0.1) is 39.5 Å². The van der Waals surface area contributed by atoms with E-state index in [2.05, 4.69) is 0 Å². The van der Waals surface area contributed by atoms with Gasteiger partial charge >= 0.3 is 5.97 Å². The first kappa shape index (κ1) is 35.5. The Morgan fingerprint density at radius 2 is 1.06 bits per heavy atom. The van der Waals surface area contributed by atoms with Crippen molar-refractivity contribution in [3.8, 4) is 0 Å². The van der Waals surface area contributed by atoms with E-state index in [4.69, 9.17) is 35.3 Å². The van der Waals surface area contributed by atoms with Gasteiger partial charge in [0.15, 0.2) is 0 Å². The third-order valence-electron chi connectivity index (χ3n) is 8.62. The lowest BCUT2D eigenvalue weighted by atomic mass is 9.89. The van der Waals surface area contributed by atoms with E-state index < -0.39 is 36.5 Å². The van der Waals surface area contributed by atoms with Crippen LogP contribution in [0.15, 0.2) is 140 Å². The molecule has 6 rings (SSSR count). The molecule has 1 aliphatic rings. The fourth-order valence-electron chi connectivity index (χ4n) is 6.13. The van der Waals surface area contributed by atoms with Crippen molar-refractivity contribution in [2.45, 2.75) is 63.4 Å². The van der Waals surface area contributed by atoms with Crippen molar-refractivity contribution in [2.24, 2.45) is 0 Å². The maximum absolute atomic E-state index is 11.8. The molecule has 5 atom stereocenters. The predicted octanol–water partition coefficient (Wildman–Crippen LogP) is 8.38. The van der Waals surface area contributed by atoms with Crippen molar-refractivity contribution >= 4 is 17.6 Å². The summed E-state index contributed by atoms with van der Waals surface area (Å²) in [5.74, 6) is -0.976. The molecule has 0 spiro atoms. The molecule has 5 aromatic rings. The maximum atomic E-state index is 11.8. The van der Waals surface area contributed by atoms with Crippen LogP contribution in [0.5, 0.6) is 0 Å². The lowest BCUT2D eigenvalue weighted by molar-refractivity contribution is -0.275. The quantitative estimate of drug-likeness (QED) is 0.111. The fourth-order valence-corrected chi connectivity index (χ4v) is 6.31. The summed E-state index contributed by atoms with van der Waals surface area (Å²) in [6, 6.07) is 45.2. The van der Waals surface area contributed by atoms with Gasteiger partial charge in [0.25, 0.3) is 0 Å². The van der Waals surface area contributed by atoms with Gasteiger partial charge in [-0.3, -0.25) is 4.79 Å². The van der Waals surface area contributed by atoms with Crippen LogP contribution in [0.1, 0.15) is 39.5 Å². The van der Waals surface area contributed by atoms with Gasteiger partial charge in [0.2, 0.25) is 0 Å². The zero-order valence-corrected chi connectivity index (χ0v) is 28.4. The van der Waals surface area contributed by atoms with Crippen molar-refractivity contribution in [1.29, 1.82) is 0 Å². The summed E-state index contributed by atoms with van der Waals surface area (Å²) < 4.78 is 33.6.